The Morgan fingerprint density at radius 2 is 2.00 bits per heavy atom. The van der Waals surface area contributed by atoms with Crippen molar-refractivity contribution >= 4 is 11.6 Å². The Labute approximate surface area is 112 Å². The zero-order valence-corrected chi connectivity index (χ0v) is 11.7. The lowest BCUT2D eigenvalue weighted by Gasteiger charge is -2.18. The quantitative estimate of drug-likeness (QED) is 0.911. The Hall–Kier alpha value is -2.11. The molecule has 1 N–H and O–H groups in total. The molecule has 2 aromatic rings. The van der Waals surface area contributed by atoms with E-state index in [-0.39, 0.29) is 11.4 Å². The van der Waals surface area contributed by atoms with Gasteiger partial charge >= 0.3 is 0 Å². The number of hydrogen-bond donors (Lipinski definition) is 1. The predicted molar refractivity (Wildman–Crippen MR) is 72.8 cm³/mol. The average molecular weight is 261 g/mol. The molecule has 2 aromatic heterocycles. The van der Waals surface area contributed by atoms with E-state index in [0.717, 1.165) is 5.56 Å². The van der Waals surface area contributed by atoms with Gasteiger partial charge in [0.2, 0.25) is 5.91 Å². The summed E-state index contributed by atoms with van der Waals surface area (Å²) in [7, 11) is 1.83. The minimum atomic E-state index is -0.0909. The smallest absolute Gasteiger partial charge is 0.228 e. The Balaban J connectivity index is 1.97. The van der Waals surface area contributed by atoms with Gasteiger partial charge in [0.1, 0.15) is 0 Å². The van der Waals surface area contributed by atoms with Crippen LogP contribution < -0.4 is 5.32 Å². The van der Waals surface area contributed by atoms with Crippen molar-refractivity contribution in [2.45, 2.75) is 32.7 Å². The van der Waals surface area contributed by atoms with Crippen LogP contribution in [-0.2, 0) is 23.8 Å². The molecule has 0 bridgehead atoms. The van der Waals surface area contributed by atoms with Crippen LogP contribution in [0.5, 0.6) is 0 Å². The summed E-state index contributed by atoms with van der Waals surface area (Å²) in [5, 5.41) is 11.1. The molecule has 0 fully saturated rings. The lowest BCUT2D eigenvalue weighted by Crippen LogP contribution is -2.22. The van der Waals surface area contributed by atoms with Crippen molar-refractivity contribution < 1.29 is 4.79 Å². The fourth-order valence-corrected chi connectivity index (χ4v) is 1.71. The first-order valence-electron chi connectivity index (χ1n) is 6.17. The van der Waals surface area contributed by atoms with Gasteiger partial charge in [0.25, 0.3) is 0 Å². The first-order chi connectivity index (χ1) is 8.84. The highest BCUT2D eigenvalue weighted by Gasteiger charge is 2.14. The molecule has 0 saturated heterocycles. The fourth-order valence-electron chi connectivity index (χ4n) is 1.71. The third-order valence-electron chi connectivity index (χ3n) is 2.68. The van der Waals surface area contributed by atoms with Gasteiger partial charge in [0, 0.05) is 19.4 Å². The Bertz CT molecular complexity index is 576. The molecule has 0 aliphatic heterocycles. The summed E-state index contributed by atoms with van der Waals surface area (Å²) in [6.45, 7) is 6.17. The van der Waals surface area contributed by atoms with Crippen molar-refractivity contribution in [1.82, 2.24) is 19.6 Å². The number of aromatic nitrogens is 4. The molecule has 0 aliphatic rings. The van der Waals surface area contributed by atoms with Gasteiger partial charge in [0.05, 0.1) is 30.0 Å². The van der Waals surface area contributed by atoms with E-state index in [2.05, 4.69) is 36.3 Å². The molecule has 0 unspecified atom stereocenters. The largest absolute Gasteiger partial charge is 0.323 e. The highest BCUT2D eigenvalue weighted by atomic mass is 16.1. The SMILES string of the molecule is Cn1cc(CC(=O)Nc2cnn(C(C)(C)C)c2)cn1. The van der Waals surface area contributed by atoms with Crippen LogP contribution in [0, 0.1) is 0 Å². The van der Waals surface area contributed by atoms with E-state index in [1.54, 1.807) is 17.1 Å². The number of aryl methyl sites for hydroxylation is 1. The second-order valence-electron chi connectivity index (χ2n) is 5.59. The van der Waals surface area contributed by atoms with Crippen molar-refractivity contribution in [2.24, 2.45) is 7.05 Å². The molecule has 1 amide bonds. The fraction of sp³-hybridized carbons (Fsp3) is 0.462. The van der Waals surface area contributed by atoms with Crippen LogP contribution in [0.2, 0.25) is 0 Å². The van der Waals surface area contributed by atoms with Gasteiger partial charge in [-0.2, -0.15) is 10.2 Å². The second-order valence-corrected chi connectivity index (χ2v) is 5.59. The number of hydrogen-bond acceptors (Lipinski definition) is 3. The molecule has 2 heterocycles. The molecule has 19 heavy (non-hydrogen) atoms. The van der Waals surface area contributed by atoms with E-state index in [0.29, 0.717) is 12.1 Å². The number of amides is 1. The molecule has 6 heteroatoms. The second kappa shape index (κ2) is 4.87. The number of nitrogens with zero attached hydrogens (tertiary/aromatic N) is 4. The van der Waals surface area contributed by atoms with Crippen LogP contribution in [0.25, 0.3) is 0 Å². The van der Waals surface area contributed by atoms with Crippen molar-refractivity contribution in [3.8, 4) is 0 Å². The van der Waals surface area contributed by atoms with Crippen molar-refractivity contribution in [1.29, 1.82) is 0 Å². The van der Waals surface area contributed by atoms with E-state index >= 15 is 0 Å². The molecular formula is C13H19N5O. The van der Waals surface area contributed by atoms with Gasteiger partial charge in [-0.3, -0.25) is 14.2 Å². The van der Waals surface area contributed by atoms with Gasteiger partial charge in [-0.25, -0.2) is 0 Å². The van der Waals surface area contributed by atoms with Crippen LogP contribution in [0.3, 0.4) is 0 Å². The molecule has 0 atom stereocenters. The zero-order chi connectivity index (χ0) is 14.0. The minimum Gasteiger partial charge on any atom is -0.323 e. The lowest BCUT2D eigenvalue weighted by molar-refractivity contribution is -0.115. The summed E-state index contributed by atoms with van der Waals surface area (Å²) in [4.78, 5) is 11.9. The Morgan fingerprint density at radius 1 is 1.26 bits per heavy atom. The summed E-state index contributed by atoms with van der Waals surface area (Å²) in [5.74, 6) is -0.0681. The third-order valence-corrected chi connectivity index (χ3v) is 2.68. The molecular weight excluding hydrogens is 242 g/mol. The molecule has 0 aromatic carbocycles. The lowest BCUT2D eigenvalue weighted by atomic mass is 10.1. The Morgan fingerprint density at radius 3 is 2.53 bits per heavy atom. The summed E-state index contributed by atoms with van der Waals surface area (Å²) in [6, 6.07) is 0. The van der Waals surface area contributed by atoms with Gasteiger partial charge in [-0.1, -0.05) is 0 Å². The maximum Gasteiger partial charge on any atom is 0.228 e. The highest BCUT2D eigenvalue weighted by molar-refractivity contribution is 5.91. The third kappa shape index (κ3) is 3.43. The van der Waals surface area contributed by atoms with E-state index in [9.17, 15) is 4.79 Å². The number of anilines is 1. The summed E-state index contributed by atoms with van der Waals surface area (Å²) < 4.78 is 3.51. The van der Waals surface area contributed by atoms with Crippen LogP contribution in [-0.4, -0.2) is 25.5 Å². The number of nitrogens with one attached hydrogen (secondary N) is 1. The van der Waals surface area contributed by atoms with E-state index < -0.39 is 0 Å². The summed E-state index contributed by atoms with van der Waals surface area (Å²) in [6.07, 6.45) is 7.33. The summed E-state index contributed by atoms with van der Waals surface area (Å²) >= 11 is 0. The standard InChI is InChI=1S/C13H19N5O/c1-13(2,3)18-9-11(7-15-18)16-12(19)5-10-6-14-17(4)8-10/h6-9H,5H2,1-4H3,(H,16,19). The van der Waals surface area contributed by atoms with E-state index in [1.807, 2.05) is 24.1 Å². The van der Waals surface area contributed by atoms with Crippen LogP contribution >= 0.6 is 0 Å². The van der Waals surface area contributed by atoms with Gasteiger partial charge in [0.15, 0.2) is 0 Å². The normalized spacial score (nSPS) is 11.6. The topological polar surface area (TPSA) is 64.7 Å². The number of carbonyl (C=O) groups is 1. The molecule has 0 aliphatic carbocycles. The zero-order valence-electron chi connectivity index (χ0n) is 11.7. The van der Waals surface area contributed by atoms with Gasteiger partial charge in [-0.05, 0) is 26.3 Å². The van der Waals surface area contributed by atoms with Crippen LogP contribution in [0.4, 0.5) is 5.69 Å². The molecule has 0 spiro atoms. The average Bonchev–Trinajstić information content (AvgIpc) is 2.87. The van der Waals surface area contributed by atoms with Crippen LogP contribution in [0.15, 0.2) is 24.8 Å². The first-order valence-corrected chi connectivity index (χ1v) is 6.17. The van der Waals surface area contributed by atoms with Crippen molar-refractivity contribution in [3.05, 3.63) is 30.4 Å². The highest BCUT2D eigenvalue weighted by Crippen LogP contribution is 2.15. The minimum absolute atomic E-state index is 0.0681. The van der Waals surface area contributed by atoms with Crippen molar-refractivity contribution in [3.63, 3.8) is 0 Å². The molecule has 6 nitrogen and oxygen atoms in total. The molecule has 0 radical (unpaired) electrons. The monoisotopic (exact) mass is 261 g/mol. The first kappa shape index (κ1) is 13.3. The maximum atomic E-state index is 11.9. The van der Waals surface area contributed by atoms with E-state index in [1.165, 1.54) is 0 Å². The number of rotatable bonds is 3. The Kier molecular flexibility index (Phi) is 3.42. The van der Waals surface area contributed by atoms with Gasteiger partial charge < -0.3 is 5.32 Å². The predicted octanol–water partition coefficient (Wildman–Crippen LogP) is 1.55. The van der Waals surface area contributed by atoms with E-state index in [4.69, 9.17) is 0 Å². The maximum absolute atomic E-state index is 11.9. The van der Waals surface area contributed by atoms with Crippen molar-refractivity contribution in [2.75, 3.05) is 5.32 Å². The van der Waals surface area contributed by atoms with Gasteiger partial charge in [-0.15, -0.1) is 0 Å². The molecule has 102 valence electrons. The summed E-state index contributed by atoms with van der Waals surface area (Å²) in [5.41, 5.74) is 1.51. The molecule has 2 rings (SSSR count). The number of carbonyl (C=O) groups excluding carboxylic acids is 1. The molecule has 0 saturated carbocycles. The van der Waals surface area contributed by atoms with Crippen LogP contribution in [0.1, 0.15) is 26.3 Å².